The van der Waals surface area contributed by atoms with E-state index in [1.807, 2.05) is 13.0 Å². The van der Waals surface area contributed by atoms with Crippen molar-refractivity contribution in [1.29, 1.82) is 0 Å². The average Bonchev–Trinajstić information content (AvgIpc) is 2.32. The van der Waals surface area contributed by atoms with Crippen molar-refractivity contribution in [2.75, 3.05) is 5.43 Å². The first kappa shape index (κ1) is 11.8. The summed E-state index contributed by atoms with van der Waals surface area (Å²) in [6, 6.07) is 6.35. The van der Waals surface area contributed by atoms with Crippen molar-refractivity contribution in [3.8, 4) is 0 Å². The van der Waals surface area contributed by atoms with Gasteiger partial charge in [-0.25, -0.2) is 20.2 Å². The number of aromatic nitrogens is 2. The van der Waals surface area contributed by atoms with Crippen LogP contribution < -0.4 is 11.3 Å². The number of hydrogen-bond acceptors (Lipinski definition) is 5. The molecule has 1 aromatic carbocycles. The van der Waals surface area contributed by atoms with E-state index >= 15 is 0 Å². The molecule has 6 heteroatoms. The van der Waals surface area contributed by atoms with Gasteiger partial charge in [-0.3, -0.25) is 5.43 Å². The number of anilines is 1. The van der Waals surface area contributed by atoms with Gasteiger partial charge in [0.1, 0.15) is 10.8 Å². The van der Waals surface area contributed by atoms with Gasteiger partial charge in [0.2, 0.25) is 5.95 Å². The summed E-state index contributed by atoms with van der Waals surface area (Å²) in [5.41, 5.74) is 3.30. The molecule has 0 aliphatic heterocycles. The van der Waals surface area contributed by atoms with Gasteiger partial charge in [0, 0.05) is 16.7 Å². The Morgan fingerprint density at radius 3 is 2.94 bits per heavy atom. The van der Waals surface area contributed by atoms with E-state index in [0.29, 0.717) is 5.95 Å². The normalized spacial score (nSPS) is 10.3. The first-order chi connectivity index (χ1) is 8.19. The molecule has 0 spiro atoms. The Balaban J connectivity index is 2.29. The summed E-state index contributed by atoms with van der Waals surface area (Å²) >= 11 is 1.37. The molecule has 0 radical (unpaired) electrons. The number of halogens is 1. The zero-order chi connectivity index (χ0) is 12.3. The van der Waals surface area contributed by atoms with Crippen LogP contribution in [-0.2, 0) is 0 Å². The topological polar surface area (TPSA) is 63.8 Å². The van der Waals surface area contributed by atoms with E-state index in [4.69, 9.17) is 5.84 Å². The molecule has 3 N–H and O–H groups in total. The summed E-state index contributed by atoms with van der Waals surface area (Å²) < 4.78 is 13.0. The van der Waals surface area contributed by atoms with E-state index in [1.165, 1.54) is 23.9 Å². The predicted molar refractivity (Wildman–Crippen MR) is 65.1 cm³/mol. The second-order valence-corrected chi connectivity index (χ2v) is 4.45. The summed E-state index contributed by atoms with van der Waals surface area (Å²) in [5, 5.41) is 0.749. The minimum atomic E-state index is -0.265. The Labute approximate surface area is 102 Å². The number of nitrogens with two attached hydrogens (primary N) is 1. The Morgan fingerprint density at radius 1 is 1.41 bits per heavy atom. The largest absolute Gasteiger partial charge is 0.292 e. The van der Waals surface area contributed by atoms with Crippen molar-refractivity contribution in [2.24, 2.45) is 5.84 Å². The summed E-state index contributed by atoms with van der Waals surface area (Å²) in [5.74, 6) is 5.32. The van der Waals surface area contributed by atoms with Crippen molar-refractivity contribution < 1.29 is 4.39 Å². The van der Waals surface area contributed by atoms with Crippen LogP contribution in [0.25, 0.3) is 0 Å². The van der Waals surface area contributed by atoms with Gasteiger partial charge in [-0.05, 0) is 25.1 Å². The molecular weight excluding hydrogens is 239 g/mol. The molecule has 1 heterocycles. The Hall–Kier alpha value is -1.66. The number of benzene rings is 1. The number of nitrogen functional groups attached to an aromatic ring is 1. The molecule has 4 nitrogen and oxygen atoms in total. The molecule has 0 bridgehead atoms. The third-order valence-corrected chi connectivity index (χ3v) is 3.16. The molecule has 88 valence electrons. The quantitative estimate of drug-likeness (QED) is 0.497. The van der Waals surface area contributed by atoms with Gasteiger partial charge in [-0.1, -0.05) is 17.8 Å². The van der Waals surface area contributed by atoms with Crippen LogP contribution in [0.15, 0.2) is 40.4 Å². The zero-order valence-corrected chi connectivity index (χ0v) is 9.96. The number of hydrazine groups is 1. The number of rotatable bonds is 3. The van der Waals surface area contributed by atoms with Crippen molar-refractivity contribution in [2.45, 2.75) is 16.8 Å². The van der Waals surface area contributed by atoms with Crippen LogP contribution >= 0.6 is 11.8 Å². The van der Waals surface area contributed by atoms with Crippen LogP contribution in [0, 0.1) is 12.7 Å². The SMILES string of the molecule is Cc1cnc(NN)nc1Sc1cccc(F)c1. The number of aryl methyl sites for hydroxylation is 1. The van der Waals surface area contributed by atoms with Crippen molar-refractivity contribution >= 4 is 17.7 Å². The molecule has 17 heavy (non-hydrogen) atoms. The summed E-state index contributed by atoms with van der Waals surface area (Å²) in [7, 11) is 0. The van der Waals surface area contributed by atoms with Crippen molar-refractivity contribution in [3.05, 3.63) is 41.8 Å². The fourth-order valence-electron chi connectivity index (χ4n) is 1.24. The van der Waals surface area contributed by atoms with Gasteiger partial charge in [-0.2, -0.15) is 0 Å². The lowest BCUT2D eigenvalue weighted by Gasteiger charge is -2.06. The molecule has 0 saturated heterocycles. The summed E-state index contributed by atoms with van der Waals surface area (Å²) in [4.78, 5) is 8.98. The predicted octanol–water partition coefficient (Wildman–Crippen LogP) is 2.36. The smallest absolute Gasteiger partial charge is 0.238 e. The minimum absolute atomic E-state index is 0.265. The van der Waals surface area contributed by atoms with Crippen molar-refractivity contribution in [3.63, 3.8) is 0 Å². The lowest BCUT2D eigenvalue weighted by atomic mass is 10.3. The zero-order valence-electron chi connectivity index (χ0n) is 9.14. The molecule has 2 rings (SSSR count). The highest BCUT2D eigenvalue weighted by molar-refractivity contribution is 7.99. The van der Waals surface area contributed by atoms with Crippen molar-refractivity contribution in [1.82, 2.24) is 9.97 Å². The van der Waals surface area contributed by atoms with Crippen LogP contribution in [0.5, 0.6) is 0 Å². The molecule has 0 saturated carbocycles. The van der Waals surface area contributed by atoms with E-state index < -0.39 is 0 Å². The molecule has 0 unspecified atom stereocenters. The molecule has 0 atom stereocenters. The first-order valence-corrected chi connectivity index (χ1v) is 5.74. The van der Waals surface area contributed by atoms with Gasteiger partial charge in [-0.15, -0.1) is 0 Å². The molecule has 0 aliphatic rings. The highest BCUT2D eigenvalue weighted by atomic mass is 32.2. The minimum Gasteiger partial charge on any atom is -0.292 e. The maximum absolute atomic E-state index is 13.0. The van der Waals surface area contributed by atoms with E-state index in [1.54, 1.807) is 12.3 Å². The Bertz CT molecular complexity index is 533. The Kier molecular flexibility index (Phi) is 3.55. The summed E-state index contributed by atoms with van der Waals surface area (Å²) in [6.07, 6.45) is 1.67. The molecule has 0 aliphatic carbocycles. The number of hydrogen-bond donors (Lipinski definition) is 2. The lowest BCUT2D eigenvalue weighted by Crippen LogP contribution is -2.10. The lowest BCUT2D eigenvalue weighted by molar-refractivity contribution is 0.624. The maximum Gasteiger partial charge on any atom is 0.238 e. The van der Waals surface area contributed by atoms with E-state index in [-0.39, 0.29) is 5.82 Å². The molecule has 1 aromatic heterocycles. The van der Waals surface area contributed by atoms with E-state index in [2.05, 4.69) is 15.4 Å². The van der Waals surface area contributed by atoms with E-state index in [9.17, 15) is 4.39 Å². The fraction of sp³-hybridized carbons (Fsp3) is 0.0909. The third kappa shape index (κ3) is 2.92. The monoisotopic (exact) mass is 250 g/mol. The highest BCUT2D eigenvalue weighted by Gasteiger charge is 2.06. The fourth-order valence-corrected chi connectivity index (χ4v) is 2.13. The van der Waals surface area contributed by atoms with Gasteiger partial charge in [0.05, 0.1) is 0 Å². The molecule has 2 aromatic rings. The maximum atomic E-state index is 13.0. The molecule has 0 amide bonds. The van der Waals surface area contributed by atoms with E-state index in [0.717, 1.165) is 15.5 Å². The third-order valence-electron chi connectivity index (χ3n) is 2.06. The first-order valence-electron chi connectivity index (χ1n) is 4.92. The second kappa shape index (κ2) is 5.11. The average molecular weight is 250 g/mol. The highest BCUT2D eigenvalue weighted by Crippen LogP contribution is 2.29. The number of nitrogens with zero attached hydrogens (tertiary/aromatic N) is 2. The van der Waals surface area contributed by atoms with Gasteiger partial charge in [0.15, 0.2) is 0 Å². The van der Waals surface area contributed by atoms with Crippen LogP contribution in [0.2, 0.25) is 0 Å². The van der Waals surface area contributed by atoms with Crippen LogP contribution in [0.3, 0.4) is 0 Å². The second-order valence-electron chi connectivity index (χ2n) is 3.39. The number of nitrogens with one attached hydrogen (secondary N) is 1. The summed E-state index contributed by atoms with van der Waals surface area (Å²) in [6.45, 7) is 1.89. The Morgan fingerprint density at radius 2 is 2.24 bits per heavy atom. The van der Waals surface area contributed by atoms with Crippen LogP contribution in [0.4, 0.5) is 10.3 Å². The molecule has 0 fully saturated rings. The van der Waals surface area contributed by atoms with Crippen LogP contribution in [0.1, 0.15) is 5.56 Å². The van der Waals surface area contributed by atoms with Gasteiger partial charge < -0.3 is 0 Å². The van der Waals surface area contributed by atoms with Gasteiger partial charge in [0.25, 0.3) is 0 Å². The molecular formula is C11H11FN4S. The van der Waals surface area contributed by atoms with Crippen LogP contribution in [-0.4, -0.2) is 9.97 Å². The van der Waals surface area contributed by atoms with Gasteiger partial charge >= 0.3 is 0 Å². The standard InChI is InChI=1S/C11H11FN4S/c1-7-6-14-11(16-13)15-10(7)17-9-4-2-3-8(12)5-9/h2-6H,13H2,1H3,(H,14,15,16).